The van der Waals surface area contributed by atoms with Gasteiger partial charge in [-0.25, -0.2) is 0 Å². The van der Waals surface area contributed by atoms with E-state index in [9.17, 15) is 9.59 Å². The van der Waals surface area contributed by atoms with Gasteiger partial charge in [-0.1, -0.05) is 81.3 Å². The Morgan fingerprint density at radius 2 is 1.68 bits per heavy atom. The van der Waals surface area contributed by atoms with Crippen molar-refractivity contribution < 1.29 is 9.59 Å². The van der Waals surface area contributed by atoms with E-state index in [1.54, 1.807) is 0 Å². The molecule has 4 aliphatic rings. The summed E-state index contributed by atoms with van der Waals surface area (Å²) in [6.07, 6.45) is 8.73. The van der Waals surface area contributed by atoms with Crippen molar-refractivity contribution in [3.8, 4) is 0 Å². The highest BCUT2D eigenvalue weighted by molar-refractivity contribution is 5.94. The highest BCUT2D eigenvalue weighted by Gasteiger charge is 2.51. The molecule has 1 aliphatic heterocycles. The molecule has 1 saturated heterocycles. The first kappa shape index (κ1) is 28.6. The monoisotopic (exact) mass is 541 g/mol. The molecule has 0 aromatic heterocycles. The van der Waals surface area contributed by atoms with Crippen LogP contribution in [0.1, 0.15) is 67.9 Å². The molecule has 214 valence electrons. The number of nitrogens with zero attached hydrogens (tertiary/aromatic N) is 3. The molecule has 40 heavy (non-hydrogen) atoms. The summed E-state index contributed by atoms with van der Waals surface area (Å²) in [4.78, 5) is 33.2. The summed E-state index contributed by atoms with van der Waals surface area (Å²) < 4.78 is 0. The first-order valence-corrected chi connectivity index (χ1v) is 15.5. The molecular weight excluding hydrogens is 494 g/mol. The molecule has 0 radical (unpaired) electrons. The van der Waals surface area contributed by atoms with Crippen molar-refractivity contribution >= 4 is 11.8 Å². The summed E-state index contributed by atoms with van der Waals surface area (Å²) in [5.74, 6) is 1.75. The molecular formula is C35H47N3O2. The summed E-state index contributed by atoms with van der Waals surface area (Å²) in [6.45, 7) is 12.5. The molecule has 6 rings (SSSR count). The number of allylic oxidation sites excluding steroid dienone is 1. The smallest absolute Gasteiger partial charge is 0.253 e. The summed E-state index contributed by atoms with van der Waals surface area (Å²) in [6, 6.07) is 18.3. The zero-order valence-corrected chi connectivity index (χ0v) is 24.8. The third-order valence-corrected chi connectivity index (χ3v) is 9.87. The standard InChI is InChI=1S/C35H47N3O2/c1-4-5-9-27-12-14-29(15-13-27)34(40)37-21-18-36(19-22-37)20-23-38(33(39)24-28-10-7-6-8-11-28)26-30-16-17-31-25-32(30)35(31,2)3/h6-8,10-16,31-32H,4-5,9,17-26H2,1-3H3. The number of carbonyl (C=O) groups excluding carboxylic acids is 2. The maximum Gasteiger partial charge on any atom is 0.253 e. The second-order valence-corrected chi connectivity index (χ2v) is 12.7. The molecule has 2 fully saturated rings. The minimum atomic E-state index is 0.131. The first-order chi connectivity index (χ1) is 19.3. The fourth-order valence-corrected chi connectivity index (χ4v) is 6.86. The average molecular weight is 542 g/mol. The molecule has 1 saturated carbocycles. The number of carbonyl (C=O) groups is 2. The second-order valence-electron chi connectivity index (χ2n) is 12.7. The van der Waals surface area contributed by atoms with Gasteiger partial charge in [0.15, 0.2) is 0 Å². The molecule has 2 aromatic carbocycles. The predicted molar refractivity (Wildman–Crippen MR) is 162 cm³/mol. The number of piperazine rings is 1. The van der Waals surface area contributed by atoms with Crippen molar-refractivity contribution in [1.29, 1.82) is 0 Å². The van der Waals surface area contributed by atoms with E-state index in [4.69, 9.17) is 0 Å². The van der Waals surface area contributed by atoms with Gasteiger partial charge >= 0.3 is 0 Å². The lowest BCUT2D eigenvalue weighted by Crippen LogP contribution is -2.52. The van der Waals surface area contributed by atoms with E-state index in [2.05, 4.69) is 48.8 Å². The van der Waals surface area contributed by atoms with Crippen LogP contribution in [0.15, 0.2) is 66.2 Å². The van der Waals surface area contributed by atoms with Crippen LogP contribution in [0, 0.1) is 17.3 Å². The van der Waals surface area contributed by atoms with Gasteiger partial charge in [0.05, 0.1) is 6.42 Å². The third-order valence-electron chi connectivity index (χ3n) is 9.87. The van der Waals surface area contributed by atoms with Crippen molar-refractivity contribution in [2.75, 3.05) is 45.8 Å². The molecule has 5 heteroatoms. The number of amides is 2. The first-order valence-electron chi connectivity index (χ1n) is 15.5. The van der Waals surface area contributed by atoms with Gasteiger partial charge in [-0.2, -0.15) is 0 Å². The highest BCUT2D eigenvalue weighted by atomic mass is 16.2. The summed E-state index contributed by atoms with van der Waals surface area (Å²) in [5, 5.41) is 0. The lowest BCUT2D eigenvalue weighted by molar-refractivity contribution is -0.130. The second kappa shape index (κ2) is 12.7. The Hall–Kier alpha value is -2.92. The van der Waals surface area contributed by atoms with E-state index in [-0.39, 0.29) is 11.8 Å². The van der Waals surface area contributed by atoms with Gasteiger partial charge in [-0.3, -0.25) is 14.5 Å². The van der Waals surface area contributed by atoms with E-state index >= 15 is 0 Å². The number of unbranched alkanes of at least 4 members (excludes halogenated alkanes) is 1. The largest absolute Gasteiger partial charge is 0.337 e. The van der Waals surface area contributed by atoms with Crippen LogP contribution < -0.4 is 0 Å². The van der Waals surface area contributed by atoms with Crippen molar-refractivity contribution in [3.05, 3.63) is 82.9 Å². The Balaban J connectivity index is 1.16. The molecule has 2 amide bonds. The van der Waals surface area contributed by atoms with E-state index < -0.39 is 0 Å². The maximum absolute atomic E-state index is 13.5. The molecule has 2 aromatic rings. The molecule has 1 heterocycles. The van der Waals surface area contributed by atoms with Crippen molar-refractivity contribution in [2.45, 2.75) is 59.3 Å². The van der Waals surface area contributed by atoms with E-state index in [1.165, 1.54) is 30.4 Å². The van der Waals surface area contributed by atoms with Gasteiger partial charge in [0, 0.05) is 51.4 Å². The number of rotatable bonds is 11. The number of aryl methyl sites for hydroxylation is 1. The normalized spacial score (nSPS) is 21.9. The van der Waals surface area contributed by atoms with E-state index in [0.717, 1.165) is 75.7 Å². The number of hydrogen-bond acceptors (Lipinski definition) is 3. The Kier molecular flexibility index (Phi) is 9.10. The Bertz CT molecular complexity index is 1180. The van der Waals surface area contributed by atoms with Crippen molar-refractivity contribution in [1.82, 2.24) is 14.7 Å². The van der Waals surface area contributed by atoms with E-state index in [0.29, 0.717) is 17.8 Å². The number of hydrogen-bond donors (Lipinski definition) is 0. The SMILES string of the molecule is CCCCc1ccc(C(=O)N2CCN(CCN(CC3=CCC4CC3C4(C)C)C(=O)Cc3ccccc3)CC2)cc1. The zero-order valence-electron chi connectivity index (χ0n) is 24.8. The van der Waals surface area contributed by atoms with Gasteiger partial charge in [0.25, 0.3) is 5.91 Å². The topological polar surface area (TPSA) is 43.9 Å². The fourth-order valence-electron chi connectivity index (χ4n) is 6.86. The Morgan fingerprint density at radius 1 is 0.950 bits per heavy atom. The van der Waals surface area contributed by atoms with Gasteiger partial charge in [0.1, 0.15) is 0 Å². The van der Waals surface area contributed by atoms with Crippen LogP contribution >= 0.6 is 0 Å². The lowest BCUT2D eigenvalue weighted by Gasteiger charge is -2.57. The molecule has 2 atom stereocenters. The molecule has 0 N–H and O–H groups in total. The maximum atomic E-state index is 13.5. The third kappa shape index (κ3) is 6.52. The summed E-state index contributed by atoms with van der Waals surface area (Å²) in [7, 11) is 0. The number of fused-ring (bicyclic) bond motifs is 1. The van der Waals surface area contributed by atoms with Crippen LogP contribution in [0.2, 0.25) is 0 Å². The predicted octanol–water partition coefficient (Wildman–Crippen LogP) is 5.85. The molecule has 0 spiro atoms. The average Bonchev–Trinajstić information content (AvgIpc) is 2.98. The fraction of sp³-hybridized carbons (Fsp3) is 0.543. The van der Waals surface area contributed by atoms with Crippen LogP contribution in [-0.2, 0) is 17.6 Å². The Morgan fingerprint density at radius 3 is 2.33 bits per heavy atom. The minimum Gasteiger partial charge on any atom is -0.337 e. The molecule has 3 aliphatic carbocycles. The lowest BCUT2D eigenvalue weighted by atomic mass is 9.49. The molecule has 5 nitrogen and oxygen atoms in total. The van der Waals surface area contributed by atoms with Crippen LogP contribution in [-0.4, -0.2) is 72.3 Å². The minimum absolute atomic E-state index is 0.131. The van der Waals surface area contributed by atoms with Crippen LogP contribution in [0.3, 0.4) is 0 Å². The zero-order chi connectivity index (χ0) is 28.1. The van der Waals surface area contributed by atoms with Crippen LogP contribution in [0.5, 0.6) is 0 Å². The van der Waals surface area contributed by atoms with Crippen LogP contribution in [0.25, 0.3) is 0 Å². The summed E-state index contributed by atoms with van der Waals surface area (Å²) in [5.41, 5.74) is 4.99. The van der Waals surface area contributed by atoms with Gasteiger partial charge in [-0.05, 0) is 66.2 Å². The van der Waals surface area contributed by atoms with Gasteiger partial charge in [0.2, 0.25) is 5.91 Å². The van der Waals surface area contributed by atoms with Crippen LogP contribution in [0.4, 0.5) is 0 Å². The quantitative estimate of drug-likeness (QED) is 0.335. The summed E-state index contributed by atoms with van der Waals surface area (Å²) >= 11 is 0. The highest BCUT2D eigenvalue weighted by Crippen LogP contribution is 2.59. The van der Waals surface area contributed by atoms with Gasteiger partial charge < -0.3 is 9.80 Å². The van der Waals surface area contributed by atoms with Crippen molar-refractivity contribution in [2.24, 2.45) is 17.3 Å². The van der Waals surface area contributed by atoms with E-state index in [1.807, 2.05) is 47.4 Å². The Labute approximate surface area is 241 Å². The van der Waals surface area contributed by atoms with Gasteiger partial charge in [-0.15, -0.1) is 0 Å². The number of benzene rings is 2. The van der Waals surface area contributed by atoms with Crippen molar-refractivity contribution in [3.63, 3.8) is 0 Å². The molecule has 2 unspecified atom stereocenters. The molecule has 2 bridgehead atoms.